The molecule has 0 saturated heterocycles. The van der Waals surface area contributed by atoms with Crippen LogP contribution in [0.2, 0.25) is 0 Å². The largest absolute Gasteiger partial charge is 0.478 e. The molecule has 92 valence electrons. The molecule has 0 radical (unpaired) electrons. The summed E-state index contributed by atoms with van der Waals surface area (Å²) in [5.74, 6) is -1.35. The lowest BCUT2D eigenvalue weighted by Crippen LogP contribution is -2.41. The molecule has 1 rings (SSSR count). The van der Waals surface area contributed by atoms with Gasteiger partial charge in [-0.15, -0.1) is 0 Å². The van der Waals surface area contributed by atoms with Gasteiger partial charge in [0.2, 0.25) is 0 Å². The number of aromatic carboxylic acids is 1. The van der Waals surface area contributed by atoms with Gasteiger partial charge in [-0.3, -0.25) is 4.79 Å². The summed E-state index contributed by atoms with van der Waals surface area (Å²) < 4.78 is 0. The molecule has 0 spiro atoms. The van der Waals surface area contributed by atoms with Crippen LogP contribution in [-0.2, 0) is 0 Å². The Morgan fingerprint density at radius 3 is 2.29 bits per heavy atom. The number of pyridine rings is 1. The van der Waals surface area contributed by atoms with E-state index in [4.69, 9.17) is 5.11 Å². The van der Waals surface area contributed by atoms with E-state index in [0.717, 1.165) is 0 Å². The van der Waals surface area contributed by atoms with Crippen LogP contribution in [0.25, 0.3) is 0 Å². The monoisotopic (exact) mass is 236 g/mol. The zero-order valence-corrected chi connectivity index (χ0v) is 10.4. The van der Waals surface area contributed by atoms with E-state index in [1.807, 2.05) is 20.8 Å². The lowest BCUT2D eigenvalue weighted by atomic mass is 10.1. The maximum atomic E-state index is 11.8. The third-order valence-corrected chi connectivity index (χ3v) is 2.04. The van der Waals surface area contributed by atoms with Crippen LogP contribution in [0.4, 0.5) is 0 Å². The van der Waals surface area contributed by atoms with Gasteiger partial charge in [-0.05, 0) is 39.8 Å². The van der Waals surface area contributed by atoms with Crippen molar-refractivity contribution in [1.82, 2.24) is 10.3 Å². The summed E-state index contributed by atoms with van der Waals surface area (Å²) in [5.41, 5.74) is 0.316. The first kappa shape index (κ1) is 13.2. The lowest BCUT2D eigenvalue weighted by molar-refractivity contribution is 0.0694. The number of hydrogen-bond donors (Lipinski definition) is 2. The summed E-state index contributed by atoms with van der Waals surface area (Å²) in [6.07, 6.45) is 0. The van der Waals surface area contributed by atoms with Crippen molar-refractivity contribution in [3.63, 3.8) is 0 Å². The van der Waals surface area contributed by atoms with E-state index in [1.54, 1.807) is 6.92 Å². The van der Waals surface area contributed by atoms with Gasteiger partial charge in [0.05, 0.1) is 11.3 Å². The molecule has 1 heterocycles. The van der Waals surface area contributed by atoms with E-state index in [9.17, 15) is 9.59 Å². The summed E-state index contributed by atoms with van der Waals surface area (Å²) in [6, 6.07) is 2.81. The molecule has 0 saturated carbocycles. The minimum atomic E-state index is -1.04. The fourth-order valence-corrected chi connectivity index (χ4v) is 1.32. The third kappa shape index (κ3) is 3.55. The number of carboxylic acid groups (broad SMARTS) is 1. The molecule has 1 aromatic rings. The third-order valence-electron chi connectivity index (χ3n) is 2.04. The first-order chi connectivity index (χ1) is 7.70. The summed E-state index contributed by atoms with van der Waals surface area (Å²) >= 11 is 0. The summed E-state index contributed by atoms with van der Waals surface area (Å²) in [6.45, 7) is 7.16. The van der Waals surface area contributed by atoms with Gasteiger partial charge in [-0.2, -0.15) is 0 Å². The van der Waals surface area contributed by atoms with Gasteiger partial charge in [0.1, 0.15) is 5.69 Å². The van der Waals surface area contributed by atoms with Gasteiger partial charge >= 0.3 is 5.97 Å². The SMILES string of the molecule is Cc1nc(C(=O)NC(C)(C)C)ccc1C(=O)O. The first-order valence-corrected chi connectivity index (χ1v) is 5.24. The highest BCUT2D eigenvalue weighted by Crippen LogP contribution is 2.08. The van der Waals surface area contributed by atoms with E-state index in [-0.39, 0.29) is 22.7 Å². The van der Waals surface area contributed by atoms with Crippen molar-refractivity contribution in [2.24, 2.45) is 0 Å². The van der Waals surface area contributed by atoms with Crippen molar-refractivity contribution >= 4 is 11.9 Å². The molecule has 5 heteroatoms. The average molecular weight is 236 g/mol. The number of nitrogens with zero attached hydrogens (tertiary/aromatic N) is 1. The van der Waals surface area contributed by atoms with Crippen LogP contribution >= 0.6 is 0 Å². The predicted molar refractivity (Wildman–Crippen MR) is 63.2 cm³/mol. The number of aromatic nitrogens is 1. The fraction of sp³-hybridized carbons (Fsp3) is 0.417. The lowest BCUT2D eigenvalue weighted by Gasteiger charge is -2.20. The van der Waals surface area contributed by atoms with Gasteiger partial charge in [0.15, 0.2) is 0 Å². The molecule has 5 nitrogen and oxygen atoms in total. The molecule has 2 N–H and O–H groups in total. The molecule has 17 heavy (non-hydrogen) atoms. The molecular weight excluding hydrogens is 220 g/mol. The van der Waals surface area contributed by atoms with E-state index in [0.29, 0.717) is 5.69 Å². The second kappa shape index (κ2) is 4.53. The van der Waals surface area contributed by atoms with Crippen molar-refractivity contribution in [2.45, 2.75) is 33.2 Å². The molecular formula is C12H16N2O3. The molecule has 0 bridgehead atoms. The van der Waals surface area contributed by atoms with Gasteiger partial charge < -0.3 is 10.4 Å². The average Bonchev–Trinajstić information content (AvgIpc) is 2.14. The minimum absolute atomic E-state index is 0.109. The maximum absolute atomic E-state index is 11.8. The Morgan fingerprint density at radius 2 is 1.88 bits per heavy atom. The highest BCUT2D eigenvalue weighted by Gasteiger charge is 2.17. The standard InChI is InChI=1S/C12H16N2O3/c1-7-8(11(16)17)5-6-9(13-7)10(15)14-12(2,3)4/h5-6H,1-4H3,(H,14,15)(H,16,17). The Morgan fingerprint density at radius 1 is 1.29 bits per heavy atom. The molecule has 0 aromatic carbocycles. The molecule has 0 aliphatic carbocycles. The van der Waals surface area contributed by atoms with Crippen LogP contribution in [0, 0.1) is 6.92 Å². The number of nitrogens with one attached hydrogen (secondary N) is 1. The fourth-order valence-electron chi connectivity index (χ4n) is 1.32. The molecule has 1 amide bonds. The highest BCUT2D eigenvalue weighted by molar-refractivity contribution is 5.94. The quantitative estimate of drug-likeness (QED) is 0.817. The Kier molecular flexibility index (Phi) is 3.50. The van der Waals surface area contributed by atoms with Crippen molar-refractivity contribution in [3.8, 4) is 0 Å². The van der Waals surface area contributed by atoms with Crippen LogP contribution < -0.4 is 5.32 Å². The number of rotatable bonds is 2. The normalized spacial score (nSPS) is 11.1. The second-order valence-corrected chi connectivity index (χ2v) is 4.84. The zero-order valence-electron chi connectivity index (χ0n) is 10.4. The van der Waals surface area contributed by atoms with Crippen LogP contribution in [0.1, 0.15) is 47.3 Å². The zero-order chi connectivity index (χ0) is 13.2. The van der Waals surface area contributed by atoms with Crippen LogP contribution in [0.5, 0.6) is 0 Å². The predicted octanol–water partition coefficient (Wildman–Crippen LogP) is 1.62. The second-order valence-electron chi connectivity index (χ2n) is 4.84. The molecule has 1 aromatic heterocycles. The Labute approximate surface area is 99.9 Å². The van der Waals surface area contributed by atoms with Crippen molar-refractivity contribution < 1.29 is 14.7 Å². The van der Waals surface area contributed by atoms with Gasteiger partial charge in [0, 0.05) is 5.54 Å². The van der Waals surface area contributed by atoms with E-state index in [2.05, 4.69) is 10.3 Å². The van der Waals surface area contributed by atoms with Crippen LogP contribution in [0.15, 0.2) is 12.1 Å². The van der Waals surface area contributed by atoms with Crippen LogP contribution in [-0.4, -0.2) is 27.5 Å². The minimum Gasteiger partial charge on any atom is -0.478 e. The van der Waals surface area contributed by atoms with Crippen LogP contribution in [0.3, 0.4) is 0 Å². The van der Waals surface area contributed by atoms with Crippen molar-refractivity contribution in [2.75, 3.05) is 0 Å². The van der Waals surface area contributed by atoms with Crippen molar-refractivity contribution in [1.29, 1.82) is 0 Å². The Balaban J connectivity index is 2.98. The number of amides is 1. The maximum Gasteiger partial charge on any atom is 0.337 e. The first-order valence-electron chi connectivity index (χ1n) is 5.24. The number of carboxylic acids is 1. The smallest absolute Gasteiger partial charge is 0.337 e. The number of aryl methyl sites for hydroxylation is 1. The Hall–Kier alpha value is -1.91. The number of carbonyl (C=O) groups excluding carboxylic acids is 1. The van der Waals surface area contributed by atoms with Gasteiger partial charge in [-0.1, -0.05) is 0 Å². The van der Waals surface area contributed by atoms with Gasteiger partial charge in [-0.25, -0.2) is 9.78 Å². The molecule has 0 atom stereocenters. The summed E-state index contributed by atoms with van der Waals surface area (Å²) in [5, 5.41) is 11.6. The number of carbonyl (C=O) groups is 2. The Bertz CT molecular complexity index is 461. The summed E-state index contributed by atoms with van der Waals surface area (Å²) in [7, 11) is 0. The topological polar surface area (TPSA) is 79.3 Å². The molecule has 0 fully saturated rings. The summed E-state index contributed by atoms with van der Waals surface area (Å²) in [4.78, 5) is 26.5. The highest BCUT2D eigenvalue weighted by atomic mass is 16.4. The molecule has 0 aliphatic heterocycles. The van der Waals surface area contributed by atoms with E-state index in [1.165, 1.54) is 12.1 Å². The molecule has 0 unspecified atom stereocenters. The van der Waals surface area contributed by atoms with E-state index < -0.39 is 5.97 Å². The van der Waals surface area contributed by atoms with Crippen molar-refractivity contribution in [3.05, 3.63) is 29.1 Å². The van der Waals surface area contributed by atoms with E-state index >= 15 is 0 Å². The molecule has 0 aliphatic rings. The van der Waals surface area contributed by atoms with Gasteiger partial charge in [0.25, 0.3) is 5.91 Å². The number of hydrogen-bond acceptors (Lipinski definition) is 3.